The highest BCUT2D eigenvalue weighted by atomic mass is 16.2. The monoisotopic (exact) mass is 250 g/mol. The molecular weight excluding hydrogens is 228 g/mol. The molecule has 1 unspecified atom stereocenters. The maximum atomic E-state index is 12.7. The van der Waals surface area contributed by atoms with Gasteiger partial charge in [0.25, 0.3) is 0 Å². The van der Waals surface area contributed by atoms with Crippen LogP contribution in [0, 0.1) is 0 Å². The summed E-state index contributed by atoms with van der Waals surface area (Å²) < 4.78 is 0. The van der Waals surface area contributed by atoms with Gasteiger partial charge in [-0.05, 0) is 32.6 Å². The molecule has 2 saturated heterocycles. The lowest BCUT2D eigenvalue weighted by molar-refractivity contribution is -0.142. The molecule has 1 aliphatic carbocycles. The number of hydrogen-bond acceptors (Lipinski definition) is 2. The number of carbonyl (C=O) groups excluding carboxylic acids is 2. The van der Waals surface area contributed by atoms with E-state index in [9.17, 15) is 9.59 Å². The average Bonchev–Trinajstić information content (AvgIpc) is 2.95. The first-order valence-electron chi connectivity index (χ1n) is 7.23. The topological polar surface area (TPSA) is 40.6 Å². The molecule has 100 valence electrons. The molecule has 0 aromatic heterocycles. The molecule has 1 saturated carbocycles. The van der Waals surface area contributed by atoms with Crippen molar-refractivity contribution >= 4 is 11.8 Å². The largest absolute Gasteiger partial charge is 0.335 e. The Hall–Kier alpha value is -1.06. The molecule has 1 atom stereocenters. The van der Waals surface area contributed by atoms with Crippen LogP contribution in [0.4, 0.5) is 0 Å². The fourth-order valence-electron chi connectivity index (χ4n) is 3.91. The zero-order chi connectivity index (χ0) is 12.8. The Morgan fingerprint density at radius 1 is 1.11 bits per heavy atom. The molecule has 0 bridgehead atoms. The zero-order valence-corrected chi connectivity index (χ0v) is 11.2. The van der Waals surface area contributed by atoms with Gasteiger partial charge < -0.3 is 9.80 Å². The molecule has 18 heavy (non-hydrogen) atoms. The summed E-state index contributed by atoms with van der Waals surface area (Å²) in [5.74, 6) is 0.387. The summed E-state index contributed by atoms with van der Waals surface area (Å²) in [6, 6.07) is -0.155. The Morgan fingerprint density at radius 2 is 1.83 bits per heavy atom. The molecule has 0 aromatic carbocycles. The van der Waals surface area contributed by atoms with Crippen molar-refractivity contribution in [1.29, 1.82) is 0 Å². The third-order valence-corrected chi connectivity index (χ3v) is 5.01. The Morgan fingerprint density at radius 3 is 2.56 bits per heavy atom. The van der Waals surface area contributed by atoms with Gasteiger partial charge in [-0.2, -0.15) is 0 Å². The van der Waals surface area contributed by atoms with Crippen LogP contribution in [0.2, 0.25) is 0 Å². The fraction of sp³-hybridized carbons (Fsp3) is 0.857. The summed E-state index contributed by atoms with van der Waals surface area (Å²) in [6.07, 6.45) is 6.96. The minimum atomic E-state index is -0.155. The summed E-state index contributed by atoms with van der Waals surface area (Å²) in [6.45, 7) is 3.61. The van der Waals surface area contributed by atoms with Gasteiger partial charge in [0.15, 0.2) is 0 Å². The van der Waals surface area contributed by atoms with Crippen molar-refractivity contribution in [2.45, 2.75) is 63.5 Å². The van der Waals surface area contributed by atoms with Crippen LogP contribution in [0.15, 0.2) is 0 Å². The standard InChI is InChI=1S/C14H22N2O2/c1-14(7-2-3-8-14)16-10-6-12(17)15-9-4-5-11(15)13(16)18/h11H,2-10H2,1H3. The van der Waals surface area contributed by atoms with Crippen molar-refractivity contribution in [2.24, 2.45) is 0 Å². The number of amides is 2. The zero-order valence-electron chi connectivity index (χ0n) is 11.2. The molecule has 2 heterocycles. The van der Waals surface area contributed by atoms with Gasteiger partial charge in [-0.1, -0.05) is 12.8 Å². The predicted octanol–water partition coefficient (Wildman–Crippen LogP) is 1.54. The van der Waals surface area contributed by atoms with E-state index >= 15 is 0 Å². The van der Waals surface area contributed by atoms with Gasteiger partial charge in [0.05, 0.1) is 0 Å². The Balaban J connectivity index is 1.87. The second kappa shape index (κ2) is 4.25. The SMILES string of the molecule is CC1(N2CCC(=O)N3CCCC3C2=O)CCCC1. The van der Waals surface area contributed by atoms with E-state index < -0.39 is 0 Å². The van der Waals surface area contributed by atoms with Crippen LogP contribution in [-0.4, -0.2) is 46.3 Å². The van der Waals surface area contributed by atoms with E-state index in [4.69, 9.17) is 0 Å². The van der Waals surface area contributed by atoms with E-state index in [0.29, 0.717) is 13.0 Å². The first kappa shape index (κ1) is 12.0. The quantitative estimate of drug-likeness (QED) is 0.708. The molecule has 0 aromatic rings. The van der Waals surface area contributed by atoms with E-state index in [1.54, 1.807) is 0 Å². The predicted molar refractivity (Wildman–Crippen MR) is 67.9 cm³/mol. The van der Waals surface area contributed by atoms with Crippen LogP contribution in [0.1, 0.15) is 51.9 Å². The minimum Gasteiger partial charge on any atom is -0.335 e. The summed E-state index contributed by atoms with van der Waals surface area (Å²) in [4.78, 5) is 28.6. The number of rotatable bonds is 1. The fourth-order valence-corrected chi connectivity index (χ4v) is 3.91. The van der Waals surface area contributed by atoms with Crippen molar-refractivity contribution in [2.75, 3.05) is 13.1 Å². The Bertz CT molecular complexity index is 374. The normalized spacial score (nSPS) is 31.7. The molecule has 3 aliphatic rings. The first-order valence-corrected chi connectivity index (χ1v) is 7.23. The molecule has 4 nitrogen and oxygen atoms in total. The lowest BCUT2D eigenvalue weighted by atomic mass is 9.96. The maximum Gasteiger partial charge on any atom is 0.245 e. The van der Waals surface area contributed by atoms with Crippen LogP contribution in [0.5, 0.6) is 0 Å². The van der Waals surface area contributed by atoms with Gasteiger partial charge in [-0.3, -0.25) is 9.59 Å². The molecule has 2 aliphatic heterocycles. The summed E-state index contributed by atoms with van der Waals surface area (Å²) in [7, 11) is 0. The third kappa shape index (κ3) is 1.73. The van der Waals surface area contributed by atoms with Gasteiger partial charge in [0.1, 0.15) is 6.04 Å². The Kier molecular flexibility index (Phi) is 2.83. The number of fused-ring (bicyclic) bond motifs is 1. The molecule has 0 spiro atoms. The molecular formula is C14H22N2O2. The van der Waals surface area contributed by atoms with Gasteiger partial charge >= 0.3 is 0 Å². The lowest BCUT2D eigenvalue weighted by Crippen LogP contribution is -2.52. The molecule has 0 radical (unpaired) electrons. The second-order valence-corrected chi connectivity index (χ2v) is 6.19. The highest BCUT2D eigenvalue weighted by Crippen LogP contribution is 2.37. The van der Waals surface area contributed by atoms with E-state index in [1.807, 2.05) is 9.80 Å². The van der Waals surface area contributed by atoms with Crippen LogP contribution in [0.25, 0.3) is 0 Å². The average molecular weight is 250 g/mol. The van der Waals surface area contributed by atoms with Crippen molar-refractivity contribution in [1.82, 2.24) is 9.80 Å². The van der Waals surface area contributed by atoms with Crippen LogP contribution in [-0.2, 0) is 9.59 Å². The van der Waals surface area contributed by atoms with Crippen molar-refractivity contribution in [3.05, 3.63) is 0 Å². The smallest absolute Gasteiger partial charge is 0.245 e. The maximum absolute atomic E-state index is 12.7. The molecule has 3 fully saturated rings. The number of hydrogen-bond donors (Lipinski definition) is 0. The van der Waals surface area contributed by atoms with Gasteiger partial charge in [0, 0.05) is 25.0 Å². The van der Waals surface area contributed by atoms with Crippen molar-refractivity contribution < 1.29 is 9.59 Å². The second-order valence-electron chi connectivity index (χ2n) is 6.19. The van der Waals surface area contributed by atoms with E-state index in [0.717, 1.165) is 32.2 Å². The molecule has 0 N–H and O–H groups in total. The van der Waals surface area contributed by atoms with E-state index in [2.05, 4.69) is 6.92 Å². The Labute approximate surface area is 108 Å². The van der Waals surface area contributed by atoms with E-state index in [1.165, 1.54) is 12.8 Å². The number of carbonyl (C=O) groups is 2. The molecule has 2 amide bonds. The third-order valence-electron chi connectivity index (χ3n) is 5.01. The van der Waals surface area contributed by atoms with Crippen molar-refractivity contribution in [3.63, 3.8) is 0 Å². The van der Waals surface area contributed by atoms with Crippen LogP contribution < -0.4 is 0 Å². The highest BCUT2D eigenvalue weighted by molar-refractivity contribution is 5.91. The number of nitrogens with zero attached hydrogens (tertiary/aromatic N) is 2. The summed E-state index contributed by atoms with van der Waals surface area (Å²) in [5.41, 5.74) is 0.00988. The highest BCUT2D eigenvalue weighted by Gasteiger charge is 2.45. The van der Waals surface area contributed by atoms with Crippen LogP contribution >= 0.6 is 0 Å². The van der Waals surface area contributed by atoms with Gasteiger partial charge in [-0.15, -0.1) is 0 Å². The van der Waals surface area contributed by atoms with Crippen LogP contribution in [0.3, 0.4) is 0 Å². The molecule has 4 heteroatoms. The van der Waals surface area contributed by atoms with Gasteiger partial charge in [-0.25, -0.2) is 0 Å². The summed E-state index contributed by atoms with van der Waals surface area (Å²) >= 11 is 0. The first-order chi connectivity index (χ1) is 8.62. The van der Waals surface area contributed by atoms with Crippen molar-refractivity contribution in [3.8, 4) is 0 Å². The van der Waals surface area contributed by atoms with Gasteiger partial charge in [0.2, 0.25) is 11.8 Å². The minimum absolute atomic E-state index is 0.00988. The molecule has 3 rings (SSSR count). The lowest BCUT2D eigenvalue weighted by Gasteiger charge is -2.39. The summed E-state index contributed by atoms with van der Waals surface area (Å²) in [5, 5.41) is 0. The van der Waals surface area contributed by atoms with E-state index in [-0.39, 0.29) is 23.4 Å².